The van der Waals surface area contributed by atoms with Crippen LogP contribution in [0.5, 0.6) is 5.75 Å². The number of hydrogen-bond donors (Lipinski definition) is 4. The molecule has 0 saturated heterocycles. The van der Waals surface area contributed by atoms with Gasteiger partial charge < -0.3 is 10.4 Å². The van der Waals surface area contributed by atoms with E-state index >= 15 is 0 Å². The number of anilines is 1. The van der Waals surface area contributed by atoms with Crippen LogP contribution in [-0.2, 0) is 4.79 Å². The van der Waals surface area contributed by atoms with Crippen LogP contribution in [0.4, 0.5) is 11.4 Å². The van der Waals surface area contributed by atoms with E-state index < -0.39 is 0 Å². The highest BCUT2D eigenvalue weighted by Crippen LogP contribution is 2.12. The van der Waals surface area contributed by atoms with Gasteiger partial charge in [0, 0.05) is 24.2 Å². The topological polar surface area (TPSA) is 145 Å². The number of nitrogens with one attached hydrogen (secondary N) is 3. The zero-order valence-corrected chi connectivity index (χ0v) is 18.7. The summed E-state index contributed by atoms with van der Waals surface area (Å²) in [4.78, 5) is 34.6. The number of nitroso groups, excluding NO2 is 1. The number of aromatic hydroxyl groups is 1. The third-order valence-electron chi connectivity index (χ3n) is 4.69. The number of hydrogen-bond acceptors (Lipinski definition) is 8. The summed E-state index contributed by atoms with van der Waals surface area (Å²) in [6, 6.07) is 19.9. The predicted octanol–water partition coefficient (Wildman–Crippen LogP) is 3.90. The molecular weight excluding hydrogens is 448 g/mol. The van der Waals surface area contributed by atoms with Gasteiger partial charge in [0.2, 0.25) is 5.91 Å². The summed E-state index contributed by atoms with van der Waals surface area (Å²) in [5, 5.41) is 23.2. The second kappa shape index (κ2) is 13.0. The Bertz CT molecular complexity index is 1220. The van der Waals surface area contributed by atoms with Crippen LogP contribution in [0, 0.1) is 4.91 Å². The number of hydrazone groups is 2. The third-order valence-corrected chi connectivity index (χ3v) is 4.69. The first-order valence-electron chi connectivity index (χ1n) is 10.8. The first kappa shape index (κ1) is 24.8. The maximum Gasteiger partial charge on any atom is 0.271 e. The molecule has 3 rings (SSSR count). The molecule has 4 N–H and O–H groups in total. The fraction of sp³-hybridized carbons (Fsp3) is 0.120. The second-order valence-electron chi connectivity index (χ2n) is 7.38. The Morgan fingerprint density at radius 3 is 2.26 bits per heavy atom. The normalized spacial score (nSPS) is 10.9. The lowest BCUT2D eigenvalue weighted by molar-refractivity contribution is -0.121. The van der Waals surface area contributed by atoms with Crippen LogP contribution in [-0.4, -0.2) is 35.9 Å². The Hall–Kier alpha value is -4.86. The van der Waals surface area contributed by atoms with Crippen molar-refractivity contribution in [1.82, 2.24) is 10.9 Å². The van der Waals surface area contributed by atoms with Crippen molar-refractivity contribution in [3.8, 4) is 5.75 Å². The second-order valence-corrected chi connectivity index (χ2v) is 7.38. The van der Waals surface area contributed by atoms with Crippen LogP contribution in [0.2, 0.25) is 0 Å². The molecule has 0 saturated carbocycles. The third kappa shape index (κ3) is 8.54. The summed E-state index contributed by atoms with van der Waals surface area (Å²) in [7, 11) is 0. The first-order valence-corrected chi connectivity index (χ1v) is 10.8. The van der Waals surface area contributed by atoms with Crippen molar-refractivity contribution in [2.75, 3.05) is 11.9 Å². The molecule has 0 spiro atoms. The zero-order chi connectivity index (χ0) is 24.9. The lowest BCUT2D eigenvalue weighted by Crippen LogP contribution is -2.18. The standard InChI is InChI=1S/C25H24N6O4/c32-23-7-2-5-19(15-23)17-28-30-25(34)20-9-11-21(12-10-20)26-13-3-8-24(33)29-27-16-18-4-1-6-22(14-18)31-35/h1-2,4-7,9-12,14-17,26,32H,3,8,13H2,(H,29,33)(H,30,34)/b27-16+,28-17+. The highest BCUT2D eigenvalue weighted by molar-refractivity contribution is 5.95. The number of amides is 2. The first-order chi connectivity index (χ1) is 17.0. The van der Waals surface area contributed by atoms with Crippen LogP contribution in [0.25, 0.3) is 0 Å². The molecule has 178 valence electrons. The van der Waals surface area contributed by atoms with Gasteiger partial charge in [0.15, 0.2) is 0 Å². The van der Waals surface area contributed by atoms with E-state index in [4.69, 9.17) is 0 Å². The van der Waals surface area contributed by atoms with E-state index in [2.05, 4.69) is 31.5 Å². The lowest BCUT2D eigenvalue weighted by atomic mass is 10.2. The molecule has 3 aromatic rings. The van der Waals surface area contributed by atoms with Crippen molar-refractivity contribution < 1.29 is 14.7 Å². The van der Waals surface area contributed by atoms with Crippen LogP contribution < -0.4 is 16.2 Å². The zero-order valence-electron chi connectivity index (χ0n) is 18.7. The summed E-state index contributed by atoms with van der Waals surface area (Å²) in [5.41, 5.74) is 7.74. The average molecular weight is 473 g/mol. The number of carbonyl (C=O) groups is 2. The number of benzene rings is 3. The fourth-order valence-electron chi connectivity index (χ4n) is 2.95. The SMILES string of the molecule is O=Nc1cccc(/C=N/NC(=O)CCCNc2ccc(C(=O)N/N=C/c3cccc(O)c3)cc2)c1. The van der Waals surface area contributed by atoms with Gasteiger partial charge >= 0.3 is 0 Å². The summed E-state index contributed by atoms with van der Waals surface area (Å²) < 4.78 is 0. The van der Waals surface area contributed by atoms with Crippen molar-refractivity contribution in [3.05, 3.63) is 94.4 Å². The molecule has 3 aromatic carbocycles. The molecule has 10 heteroatoms. The molecule has 0 aliphatic carbocycles. The van der Waals surface area contributed by atoms with Gasteiger partial charge in [-0.25, -0.2) is 10.9 Å². The van der Waals surface area contributed by atoms with Crippen molar-refractivity contribution in [3.63, 3.8) is 0 Å². The molecule has 0 atom stereocenters. The minimum atomic E-state index is -0.362. The summed E-state index contributed by atoms with van der Waals surface area (Å²) >= 11 is 0. The molecule has 0 aliphatic heterocycles. The van der Waals surface area contributed by atoms with Crippen molar-refractivity contribution in [2.24, 2.45) is 15.4 Å². The summed E-state index contributed by atoms with van der Waals surface area (Å²) in [5.74, 6) is -0.473. The van der Waals surface area contributed by atoms with Crippen molar-refractivity contribution >= 4 is 35.6 Å². The molecule has 2 amide bonds. The Morgan fingerprint density at radius 2 is 1.54 bits per heavy atom. The van der Waals surface area contributed by atoms with Crippen LogP contribution in [0.1, 0.15) is 34.3 Å². The molecule has 0 heterocycles. The molecular formula is C25H24N6O4. The fourth-order valence-corrected chi connectivity index (χ4v) is 2.95. The lowest BCUT2D eigenvalue weighted by Gasteiger charge is -2.07. The molecule has 35 heavy (non-hydrogen) atoms. The van der Waals surface area contributed by atoms with E-state index in [1.807, 2.05) is 0 Å². The maximum absolute atomic E-state index is 12.2. The predicted molar refractivity (Wildman–Crippen MR) is 135 cm³/mol. The van der Waals surface area contributed by atoms with E-state index in [9.17, 15) is 19.6 Å². The Labute approximate surface area is 201 Å². The highest BCUT2D eigenvalue weighted by Gasteiger charge is 2.04. The van der Waals surface area contributed by atoms with Crippen LogP contribution in [0.15, 0.2) is 88.2 Å². The number of phenolic OH excluding ortho intramolecular Hbond substituents is 1. The van der Waals surface area contributed by atoms with Gasteiger partial charge in [0.05, 0.1) is 12.4 Å². The van der Waals surface area contributed by atoms with E-state index in [0.29, 0.717) is 35.3 Å². The molecule has 0 radical (unpaired) electrons. The molecule has 0 unspecified atom stereocenters. The summed E-state index contributed by atoms with van der Waals surface area (Å²) in [6.45, 7) is 0.559. The smallest absolute Gasteiger partial charge is 0.271 e. The Balaban J connectivity index is 1.35. The van der Waals surface area contributed by atoms with E-state index in [1.165, 1.54) is 18.5 Å². The largest absolute Gasteiger partial charge is 0.508 e. The summed E-state index contributed by atoms with van der Waals surface area (Å²) in [6.07, 6.45) is 3.74. The molecule has 0 fully saturated rings. The van der Waals surface area contributed by atoms with Crippen LogP contribution in [0.3, 0.4) is 0 Å². The molecule has 10 nitrogen and oxygen atoms in total. The van der Waals surface area contributed by atoms with Gasteiger partial charge in [-0.2, -0.15) is 10.2 Å². The molecule has 0 aliphatic rings. The molecule has 0 bridgehead atoms. The minimum Gasteiger partial charge on any atom is -0.508 e. The van der Waals surface area contributed by atoms with E-state index in [0.717, 1.165) is 5.69 Å². The minimum absolute atomic E-state index is 0.119. The number of nitrogens with zero attached hydrogens (tertiary/aromatic N) is 3. The van der Waals surface area contributed by atoms with E-state index in [1.54, 1.807) is 66.7 Å². The van der Waals surface area contributed by atoms with Crippen molar-refractivity contribution in [1.29, 1.82) is 0 Å². The maximum atomic E-state index is 12.2. The number of phenols is 1. The van der Waals surface area contributed by atoms with Gasteiger partial charge in [0.25, 0.3) is 5.91 Å². The Kier molecular flexibility index (Phi) is 9.20. The van der Waals surface area contributed by atoms with Gasteiger partial charge in [-0.15, -0.1) is 4.91 Å². The van der Waals surface area contributed by atoms with Crippen LogP contribution >= 0.6 is 0 Å². The van der Waals surface area contributed by atoms with Gasteiger partial charge in [-0.05, 0) is 71.3 Å². The number of carbonyl (C=O) groups excluding carboxylic acids is 2. The monoisotopic (exact) mass is 472 g/mol. The quantitative estimate of drug-likeness (QED) is 0.145. The van der Waals surface area contributed by atoms with Gasteiger partial charge in [-0.1, -0.05) is 24.3 Å². The van der Waals surface area contributed by atoms with Gasteiger partial charge in [0.1, 0.15) is 11.4 Å². The average Bonchev–Trinajstić information content (AvgIpc) is 2.87. The Morgan fingerprint density at radius 1 is 0.857 bits per heavy atom. The molecule has 0 aromatic heterocycles. The van der Waals surface area contributed by atoms with E-state index in [-0.39, 0.29) is 24.0 Å². The number of rotatable bonds is 11. The van der Waals surface area contributed by atoms with Gasteiger partial charge in [-0.3, -0.25) is 9.59 Å². The van der Waals surface area contributed by atoms with Crippen molar-refractivity contribution in [2.45, 2.75) is 12.8 Å². The highest BCUT2D eigenvalue weighted by atomic mass is 16.3.